The van der Waals surface area contributed by atoms with E-state index in [1.165, 1.54) is 6.07 Å². The van der Waals surface area contributed by atoms with Gasteiger partial charge in [0.2, 0.25) is 0 Å². The van der Waals surface area contributed by atoms with Crippen molar-refractivity contribution < 1.29 is 22.6 Å². The van der Waals surface area contributed by atoms with Crippen molar-refractivity contribution in [1.29, 1.82) is 0 Å². The van der Waals surface area contributed by atoms with Crippen LogP contribution in [0.15, 0.2) is 48.6 Å². The average molecular weight is 375 g/mol. The molecule has 0 bridgehead atoms. The van der Waals surface area contributed by atoms with Gasteiger partial charge in [0.15, 0.2) is 11.5 Å². The van der Waals surface area contributed by atoms with Gasteiger partial charge in [-0.25, -0.2) is 0 Å². The number of alkyl halides is 3. The zero-order chi connectivity index (χ0) is 19.2. The van der Waals surface area contributed by atoms with Gasteiger partial charge in [0.05, 0.1) is 31.5 Å². The predicted molar refractivity (Wildman–Crippen MR) is 97.3 cm³/mol. The summed E-state index contributed by atoms with van der Waals surface area (Å²) in [5, 5.41) is 3.19. The second kappa shape index (κ2) is 6.51. The lowest BCUT2D eigenvalue weighted by molar-refractivity contribution is -0.137. The van der Waals surface area contributed by atoms with Gasteiger partial charge in [0.25, 0.3) is 0 Å². The van der Waals surface area contributed by atoms with Crippen LogP contribution >= 0.6 is 0 Å². The van der Waals surface area contributed by atoms with Crippen LogP contribution < -0.4 is 14.8 Å². The SMILES string of the molecule is COc1cccc([C@@H]2Nc3c(cccc3C(F)(F)F)[C@@H]3C=CC[C@H]32)c1OC. The average Bonchev–Trinajstić information content (AvgIpc) is 3.15. The smallest absolute Gasteiger partial charge is 0.418 e. The van der Waals surface area contributed by atoms with Crippen molar-refractivity contribution in [2.75, 3.05) is 19.5 Å². The van der Waals surface area contributed by atoms with Crippen LogP contribution in [0.4, 0.5) is 18.9 Å². The van der Waals surface area contributed by atoms with E-state index in [1.807, 2.05) is 24.3 Å². The molecule has 2 aliphatic rings. The number of allylic oxidation sites excluding steroid dienone is 2. The third kappa shape index (κ3) is 2.83. The van der Waals surface area contributed by atoms with E-state index in [9.17, 15) is 13.2 Å². The van der Waals surface area contributed by atoms with Crippen LogP contribution in [-0.4, -0.2) is 14.2 Å². The van der Waals surface area contributed by atoms with Crippen molar-refractivity contribution in [2.45, 2.75) is 24.6 Å². The van der Waals surface area contributed by atoms with Crippen LogP contribution in [0.1, 0.15) is 35.1 Å². The number of methoxy groups -OCH3 is 2. The number of halogens is 3. The van der Waals surface area contributed by atoms with E-state index in [2.05, 4.69) is 5.32 Å². The maximum atomic E-state index is 13.6. The molecule has 1 N–H and O–H groups in total. The van der Waals surface area contributed by atoms with Gasteiger partial charge in [-0.05, 0) is 30.0 Å². The first kappa shape index (κ1) is 17.8. The van der Waals surface area contributed by atoms with E-state index in [0.717, 1.165) is 18.1 Å². The van der Waals surface area contributed by atoms with Gasteiger partial charge in [-0.15, -0.1) is 0 Å². The molecular weight excluding hydrogens is 355 g/mol. The summed E-state index contributed by atoms with van der Waals surface area (Å²) >= 11 is 0. The monoisotopic (exact) mass is 375 g/mol. The summed E-state index contributed by atoms with van der Waals surface area (Å²) in [6, 6.07) is 9.58. The van der Waals surface area contributed by atoms with Crippen LogP contribution in [0.3, 0.4) is 0 Å². The van der Waals surface area contributed by atoms with Crippen molar-refractivity contribution in [3.05, 3.63) is 65.2 Å². The molecule has 0 saturated heterocycles. The third-order valence-electron chi connectivity index (χ3n) is 5.47. The fraction of sp³-hybridized carbons (Fsp3) is 0.333. The van der Waals surface area contributed by atoms with E-state index in [4.69, 9.17) is 9.47 Å². The summed E-state index contributed by atoms with van der Waals surface area (Å²) in [4.78, 5) is 0. The first-order valence-electron chi connectivity index (χ1n) is 8.80. The molecule has 1 aliphatic heterocycles. The minimum absolute atomic E-state index is 0.0653. The lowest BCUT2D eigenvalue weighted by Crippen LogP contribution is -2.31. The molecule has 1 aliphatic carbocycles. The molecule has 27 heavy (non-hydrogen) atoms. The number of hydrogen-bond donors (Lipinski definition) is 1. The van der Waals surface area contributed by atoms with E-state index >= 15 is 0 Å². The molecule has 0 fully saturated rings. The molecular formula is C21H20F3NO2. The van der Waals surface area contributed by atoms with E-state index < -0.39 is 11.7 Å². The Labute approximate surface area is 155 Å². The molecule has 2 aromatic carbocycles. The third-order valence-corrected chi connectivity index (χ3v) is 5.47. The molecule has 2 aromatic rings. The zero-order valence-electron chi connectivity index (χ0n) is 15.0. The Kier molecular flexibility index (Phi) is 4.29. The van der Waals surface area contributed by atoms with Crippen molar-refractivity contribution in [3.63, 3.8) is 0 Å². The number of benzene rings is 2. The highest BCUT2D eigenvalue weighted by atomic mass is 19.4. The van der Waals surface area contributed by atoms with Gasteiger partial charge in [-0.1, -0.05) is 36.4 Å². The number of fused-ring (bicyclic) bond motifs is 3. The van der Waals surface area contributed by atoms with Gasteiger partial charge >= 0.3 is 6.18 Å². The van der Waals surface area contributed by atoms with Crippen LogP contribution in [0, 0.1) is 5.92 Å². The Morgan fingerprint density at radius 3 is 2.44 bits per heavy atom. The quantitative estimate of drug-likeness (QED) is 0.714. The minimum Gasteiger partial charge on any atom is -0.493 e. The van der Waals surface area contributed by atoms with Crippen LogP contribution in [0.2, 0.25) is 0 Å². The Bertz CT molecular complexity index is 891. The highest BCUT2D eigenvalue weighted by molar-refractivity contribution is 5.66. The Morgan fingerprint density at radius 2 is 1.74 bits per heavy atom. The van der Waals surface area contributed by atoms with Gasteiger partial charge in [-0.3, -0.25) is 0 Å². The number of nitrogens with one attached hydrogen (secondary N) is 1. The summed E-state index contributed by atoms with van der Waals surface area (Å²) in [6.45, 7) is 0. The van der Waals surface area contributed by atoms with Gasteiger partial charge in [0, 0.05) is 11.5 Å². The molecule has 4 rings (SSSR count). The lowest BCUT2D eigenvalue weighted by atomic mass is 9.76. The zero-order valence-corrected chi connectivity index (χ0v) is 15.0. The molecule has 3 atom stereocenters. The number of para-hydroxylation sites is 2. The minimum atomic E-state index is -4.42. The maximum Gasteiger partial charge on any atom is 0.418 e. The van der Waals surface area contributed by atoms with Crippen molar-refractivity contribution in [1.82, 2.24) is 0 Å². The van der Waals surface area contributed by atoms with E-state index in [1.54, 1.807) is 26.4 Å². The molecule has 0 spiro atoms. The molecule has 3 nitrogen and oxygen atoms in total. The number of anilines is 1. The first-order valence-corrected chi connectivity index (χ1v) is 8.80. The molecule has 0 radical (unpaired) electrons. The summed E-state index contributed by atoms with van der Waals surface area (Å²) in [6.07, 6.45) is 0.436. The largest absolute Gasteiger partial charge is 0.493 e. The lowest BCUT2D eigenvalue weighted by Gasteiger charge is -2.39. The Balaban J connectivity index is 1.87. The fourth-order valence-corrected chi connectivity index (χ4v) is 4.32. The van der Waals surface area contributed by atoms with Crippen LogP contribution in [0.25, 0.3) is 0 Å². The van der Waals surface area contributed by atoms with Crippen LogP contribution in [0.5, 0.6) is 11.5 Å². The highest BCUT2D eigenvalue weighted by Crippen LogP contribution is 2.54. The molecule has 0 amide bonds. The van der Waals surface area contributed by atoms with Crippen molar-refractivity contribution in [2.24, 2.45) is 5.92 Å². The molecule has 0 unspecified atom stereocenters. The second-order valence-electron chi connectivity index (χ2n) is 6.83. The maximum absolute atomic E-state index is 13.6. The summed E-state index contributed by atoms with van der Waals surface area (Å²) < 4.78 is 51.8. The van der Waals surface area contributed by atoms with E-state index in [-0.39, 0.29) is 23.6 Å². The van der Waals surface area contributed by atoms with Crippen molar-refractivity contribution in [3.8, 4) is 11.5 Å². The van der Waals surface area contributed by atoms with Crippen molar-refractivity contribution >= 4 is 5.69 Å². The topological polar surface area (TPSA) is 30.5 Å². The number of rotatable bonds is 3. The standard InChI is InChI=1S/C21H20F3NO2/c1-26-17-11-5-9-15(20(17)27-2)18-13-7-3-6-12(13)14-8-4-10-16(19(14)25-18)21(22,23)24/h3-6,8-13,18,25H,7H2,1-2H3/t12-,13-,18-/m1/s1. The summed E-state index contributed by atoms with van der Waals surface area (Å²) in [5.74, 6) is 1.16. The van der Waals surface area contributed by atoms with Gasteiger partial charge < -0.3 is 14.8 Å². The second-order valence-corrected chi connectivity index (χ2v) is 6.83. The molecule has 142 valence electrons. The first-order chi connectivity index (χ1) is 13.0. The highest BCUT2D eigenvalue weighted by Gasteiger charge is 2.43. The number of ether oxygens (including phenoxy) is 2. The summed E-state index contributed by atoms with van der Waals surface area (Å²) in [5.41, 5.74) is 1.03. The molecule has 0 aromatic heterocycles. The summed E-state index contributed by atoms with van der Waals surface area (Å²) in [7, 11) is 3.09. The number of hydrogen-bond acceptors (Lipinski definition) is 3. The Morgan fingerprint density at radius 1 is 1.00 bits per heavy atom. The normalized spacial score (nSPS) is 23.4. The fourth-order valence-electron chi connectivity index (χ4n) is 4.32. The van der Waals surface area contributed by atoms with Gasteiger partial charge in [-0.2, -0.15) is 13.2 Å². The van der Waals surface area contributed by atoms with Crippen LogP contribution in [-0.2, 0) is 6.18 Å². The molecule has 0 saturated carbocycles. The molecule has 1 heterocycles. The van der Waals surface area contributed by atoms with E-state index in [0.29, 0.717) is 17.1 Å². The Hall–Kier alpha value is -2.63. The van der Waals surface area contributed by atoms with Gasteiger partial charge in [0.1, 0.15) is 0 Å². The predicted octanol–water partition coefficient (Wildman–Crippen LogP) is 5.55. The molecule has 6 heteroatoms.